The minimum Gasteiger partial charge on any atom is -0.379 e. The number of amides is 1. The number of carbonyl (C=O) groups excluding carboxylic acids is 1. The van der Waals surface area contributed by atoms with Crippen molar-refractivity contribution < 1.29 is 9.53 Å². The second-order valence-corrected chi connectivity index (χ2v) is 6.02. The fraction of sp³-hybridized carbons (Fsp3) is 0.688. The summed E-state index contributed by atoms with van der Waals surface area (Å²) >= 11 is 0. The highest BCUT2D eigenvalue weighted by molar-refractivity contribution is 5.91. The predicted molar refractivity (Wildman–Crippen MR) is 87.7 cm³/mol. The zero-order valence-corrected chi connectivity index (χ0v) is 13.5. The largest absolute Gasteiger partial charge is 0.379 e. The topological polar surface area (TPSA) is 70.6 Å². The summed E-state index contributed by atoms with van der Waals surface area (Å²) in [6.07, 6.45) is 6.97. The van der Waals surface area contributed by atoms with Crippen molar-refractivity contribution in [1.82, 2.24) is 20.2 Å². The second kappa shape index (κ2) is 8.21. The van der Waals surface area contributed by atoms with Crippen LogP contribution in [-0.2, 0) is 4.74 Å². The van der Waals surface area contributed by atoms with Crippen LogP contribution in [0.2, 0.25) is 0 Å². The molecule has 7 heteroatoms. The summed E-state index contributed by atoms with van der Waals surface area (Å²) < 4.78 is 5.31. The molecule has 0 saturated carbocycles. The molecule has 1 amide bonds. The molecule has 0 spiro atoms. The van der Waals surface area contributed by atoms with Gasteiger partial charge in [-0.05, 0) is 19.3 Å². The van der Waals surface area contributed by atoms with Gasteiger partial charge < -0.3 is 15.0 Å². The van der Waals surface area contributed by atoms with Crippen LogP contribution in [0.25, 0.3) is 0 Å². The number of aromatic nitrogens is 2. The number of hydrogen-bond acceptors (Lipinski definition) is 6. The number of anilines is 1. The van der Waals surface area contributed by atoms with Gasteiger partial charge in [0, 0.05) is 39.3 Å². The Morgan fingerprint density at radius 2 is 1.87 bits per heavy atom. The summed E-state index contributed by atoms with van der Waals surface area (Å²) in [5.41, 5.74) is 0.382. The molecule has 2 saturated heterocycles. The first-order valence-corrected chi connectivity index (χ1v) is 8.48. The van der Waals surface area contributed by atoms with E-state index in [1.54, 1.807) is 12.4 Å². The van der Waals surface area contributed by atoms with Crippen LogP contribution < -0.4 is 10.2 Å². The minimum atomic E-state index is -0.157. The average molecular weight is 319 g/mol. The lowest BCUT2D eigenvalue weighted by molar-refractivity contribution is 0.0383. The van der Waals surface area contributed by atoms with Gasteiger partial charge in [-0.25, -0.2) is 9.97 Å². The van der Waals surface area contributed by atoms with Crippen molar-refractivity contribution in [3.8, 4) is 0 Å². The highest BCUT2D eigenvalue weighted by Gasteiger charge is 2.14. The molecule has 0 radical (unpaired) electrons. The summed E-state index contributed by atoms with van der Waals surface area (Å²) in [6, 6.07) is 0. The summed E-state index contributed by atoms with van der Waals surface area (Å²) in [5, 5.41) is 2.91. The molecular weight excluding hydrogens is 294 g/mol. The summed E-state index contributed by atoms with van der Waals surface area (Å²) in [4.78, 5) is 25.3. The van der Waals surface area contributed by atoms with Gasteiger partial charge in [-0.2, -0.15) is 0 Å². The third-order valence-corrected chi connectivity index (χ3v) is 4.37. The molecule has 7 nitrogen and oxygen atoms in total. The van der Waals surface area contributed by atoms with E-state index in [0.717, 1.165) is 51.8 Å². The van der Waals surface area contributed by atoms with Crippen LogP contribution in [0.4, 0.5) is 5.82 Å². The van der Waals surface area contributed by atoms with Crippen LogP contribution in [0, 0.1) is 0 Å². The van der Waals surface area contributed by atoms with E-state index in [9.17, 15) is 4.79 Å². The summed E-state index contributed by atoms with van der Waals surface area (Å²) in [6.45, 7) is 6.93. The molecule has 0 unspecified atom stereocenters. The summed E-state index contributed by atoms with van der Waals surface area (Å²) in [7, 11) is 0. The van der Waals surface area contributed by atoms with Gasteiger partial charge in [0.2, 0.25) is 0 Å². The van der Waals surface area contributed by atoms with Gasteiger partial charge in [0.1, 0.15) is 11.5 Å². The lowest BCUT2D eigenvalue weighted by Crippen LogP contribution is -2.41. The van der Waals surface area contributed by atoms with Crippen molar-refractivity contribution in [2.45, 2.75) is 19.3 Å². The first-order chi connectivity index (χ1) is 11.3. The van der Waals surface area contributed by atoms with E-state index in [1.807, 2.05) is 0 Å². The van der Waals surface area contributed by atoms with Crippen LogP contribution in [0.15, 0.2) is 12.4 Å². The van der Waals surface area contributed by atoms with Crippen molar-refractivity contribution in [3.05, 3.63) is 18.1 Å². The fourth-order valence-electron chi connectivity index (χ4n) is 2.97. The lowest BCUT2D eigenvalue weighted by Gasteiger charge is -2.27. The van der Waals surface area contributed by atoms with Gasteiger partial charge in [0.05, 0.1) is 25.6 Å². The first-order valence-electron chi connectivity index (χ1n) is 8.48. The van der Waals surface area contributed by atoms with Crippen LogP contribution in [0.3, 0.4) is 0 Å². The Bertz CT molecular complexity index is 496. The van der Waals surface area contributed by atoms with Crippen LogP contribution in [-0.4, -0.2) is 73.3 Å². The number of piperidine rings is 1. The average Bonchev–Trinajstić information content (AvgIpc) is 2.63. The molecule has 3 heterocycles. The van der Waals surface area contributed by atoms with Gasteiger partial charge in [0.15, 0.2) is 0 Å². The molecule has 1 aromatic heterocycles. The molecule has 3 rings (SSSR count). The SMILES string of the molecule is O=C(NCCN1CCOCC1)c1cnc(N2CCCCC2)cn1. The van der Waals surface area contributed by atoms with Gasteiger partial charge in [-0.1, -0.05) is 0 Å². The predicted octanol–water partition coefficient (Wildman–Crippen LogP) is 0.529. The normalized spacial score (nSPS) is 19.6. The first kappa shape index (κ1) is 16.1. The van der Waals surface area contributed by atoms with Gasteiger partial charge in [-0.15, -0.1) is 0 Å². The number of ether oxygens (including phenoxy) is 1. The number of nitrogens with zero attached hydrogens (tertiary/aromatic N) is 4. The molecular formula is C16H25N5O2. The third kappa shape index (κ3) is 4.62. The Morgan fingerprint density at radius 1 is 1.09 bits per heavy atom. The molecule has 1 aromatic rings. The maximum absolute atomic E-state index is 12.1. The van der Waals surface area contributed by atoms with E-state index in [2.05, 4.69) is 25.1 Å². The lowest BCUT2D eigenvalue weighted by atomic mass is 10.1. The van der Waals surface area contributed by atoms with Gasteiger partial charge in [0.25, 0.3) is 5.91 Å². The number of carbonyl (C=O) groups is 1. The number of morpholine rings is 1. The number of hydrogen-bond donors (Lipinski definition) is 1. The highest BCUT2D eigenvalue weighted by Crippen LogP contribution is 2.16. The Morgan fingerprint density at radius 3 is 2.57 bits per heavy atom. The quantitative estimate of drug-likeness (QED) is 0.854. The minimum absolute atomic E-state index is 0.157. The van der Waals surface area contributed by atoms with E-state index < -0.39 is 0 Å². The zero-order valence-electron chi connectivity index (χ0n) is 13.5. The Hall–Kier alpha value is -1.73. The molecule has 0 aromatic carbocycles. The molecule has 126 valence electrons. The zero-order chi connectivity index (χ0) is 15.9. The van der Waals surface area contributed by atoms with E-state index in [0.29, 0.717) is 12.2 Å². The van der Waals surface area contributed by atoms with Crippen molar-refractivity contribution >= 4 is 11.7 Å². The number of rotatable bonds is 5. The highest BCUT2D eigenvalue weighted by atomic mass is 16.5. The van der Waals surface area contributed by atoms with E-state index >= 15 is 0 Å². The maximum atomic E-state index is 12.1. The molecule has 23 heavy (non-hydrogen) atoms. The molecule has 1 N–H and O–H groups in total. The molecule has 0 bridgehead atoms. The second-order valence-electron chi connectivity index (χ2n) is 6.02. The fourth-order valence-corrected chi connectivity index (χ4v) is 2.97. The third-order valence-electron chi connectivity index (χ3n) is 4.37. The molecule has 0 atom stereocenters. The van der Waals surface area contributed by atoms with Crippen molar-refractivity contribution in [2.75, 3.05) is 57.4 Å². The Labute approximate surface area is 137 Å². The number of nitrogens with one attached hydrogen (secondary N) is 1. The maximum Gasteiger partial charge on any atom is 0.271 e. The molecule has 2 aliphatic heterocycles. The van der Waals surface area contributed by atoms with E-state index in [-0.39, 0.29) is 5.91 Å². The van der Waals surface area contributed by atoms with Crippen molar-refractivity contribution in [1.29, 1.82) is 0 Å². The molecule has 0 aliphatic carbocycles. The summed E-state index contributed by atoms with van der Waals surface area (Å²) in [5.74, 6) is 0.713. The van der Waals surface area contributed by atoms with Gasteiger partial charge in [-0.3, -0.25) is 9.69 Å². The Kier molecular flexibility index (Phi) is 5.76. The monoisotopic (exact) mass is 319 g/mol. The molecule has 2 aliphatic rings. The van der Waals surface area contributed by atoms with E-state index in [1.165, 1.54) is 19.3 Å². The van der Waals surface area contributed by atoms with Crippen LogP contribution in [0.1, 0.15) is 29.8 Å². The van der Waals surface area contributed by atoms with Gasteiger partial charge >= 0.3 is 0 Å². The smallest absolute Gasteiger partial charge is 0.271 e. The van der Waals surface area contributed by atoms with Crippen LogP contribution in [0.5, 0.6) is 0 Å². The van der Waals surface area contributed by atoms with Crippen molar-refractivity contribution in [3.63, 3.8) is 0 Å². The Balaban J connectivity index is 1.45. The van der Waals surface area contributed by atoms with Crippen LogP contribution >= 0.6 is 0 Å². The van der Waals surface area contributed by atoms with Crippen molar-refractivity contribution in [2.24, 2.45) is 0 Å². The van der Waals surface area contributed by atoms with E-state index in [4.69, 9.17) is 4.74 Å². The standard InChI is InChI=1S/C16H25N5O2/c22-16(17-4-7-20-8-10-23-11-9-20)14-12-19-15(13-18-14)21-5-2-1-3-6-21/h12-13H,1-11H2,(H,17,22). The molecule has 2 fully saturated rings.